The molecule has 128 valence electrons. The van der Waals surface area contributed by atoms with Crippen LogP contribution in [0, 0.1) is 5.82 Å². The van der Waals surface area contributed by atoms with Crippen LogP contribution in [0.15, 0.2) is 42.6 Å². The number of hydrogen-bond donors (Lipinski definition) is 1. The van der Waals surface area contributed by atoms with Gasteiger partial charge in [0.15, 0.2) is 0 Å². The van der Waals surface area contributed by atoms with E-state index in [1.54, 1.807) is 30.5 Å². The molecule has 2 aromatic rings. The van der Waals surface area contributed by atoms with E-state index in [4.69, 9.17) is 9.90 Å². The molecule has 0 aliphatic rings. The van der Waals surface area contributed by atoms with E-state index in [-0.39, 0.29) is 5.82 Å². The Balaban J connectivity index is 0.000000351. The van der Waals surface area contributed by atoms with Gasteiger partial charge in [-0.05, 0) is 30.2 Å². The minimum Gasteiger partial charge on any atom is -0.475 e. The van der Waals surface area contributed by atoms with Crippen LogP contribution in [0.4, 0.5) is 17.6 Å². The number of carbonyl (C=O) groups is 2. The first kappa shape index (κ1) is 19.3. The molecule has 0 amide bonds. The maximum atomic E-state index is 13.5. The molecule has 8 heteroatoms. The van der Waals surface area contributed by atoms with Gasteiger partial charge < -0.3 is 9.90 Å². The molecule has 24 heavy (non-hydrogen) atoms. The second-order valence-corrected chi connectivity index (χ2v) is 4.54. The first-order valence-electron chi connectivity index (χ1n) is 6.69. The lowest BCUT2D eigenvalue weighted by Gasteiger charge is -2.03. The number of pyridine rings is 1. The zero-order chi connectivity index (χ0) is 18.2. The molecule has 4 nitrogen and oxygen atoms in total. The molecule has 1 heterocycles. The van der Waals surface area contributed by atoms with Crippen molar-refractivity contribution in [2.45, 2.75) is 19.0 Å². The number of aromatic nitrogens is 1. The SMILES string of the molecule is O=C(O)C(F)(F)F.O=CCCc1ccc(-c2ccccc2F)nc1. The molecule has 0 spiro atoms. The average molecular weight is 343 g/mol. The van der Waals surface area contributed by atoms with Gasteiger partial charge in [-0.15, -0.1) is 0 Å². The van der Waals surface area contributed by atoms with Crippen LogP contribution < -0.4 is 0 Å². The fourth-order valence-corrected chi connectivity index (χ4v) is 1.63. The third-order valence-corrected chi connectivity index (χ3v) is 2.77. The molecule has 0 saturated carbocycles. The van der Waals surface area contributed by atoms with Crippen LogP contribution >= 0.6 is 0 Å². The maximum Gasteiger partial charge on any atom is 0.490 e. The van der Waals surface area contributed by atoms with Crippen LogP contribution in [-0.4, -0.2) is 28.5 Å². The molecule has 2 rings (SSSR count). The largest absolute Gasteiger partial charge is 0.490 e. The van der Waals surface area contributed by atoms with Crippen molar-refractivity contribution in [2.75, 3.05) is 0 Å². The number of nitrogens with zero attached hydrogens (tertiary/aromatic N) is 1. The first-order valence-corrected chi connectivity index (χ1v) is 6.69. The van der Waals surface area contributed by atoms with Gasteiger partial charge in [0.25, 0.3) is 0 Å². The van der Waals surface area contributed by atoms with E-state index >= 15 is 0 Å². The summed E-state index contributed by atoms with van der Waals surface area (Å²) in [6.07, 6.45) is -1.36. The van der Waals surface area contributed by atoms with Gasteiger partial charge in [-0.3, -0.25) is 4.98 Å². The van der Waals surface area contributed by atoms with Gasteiger partial charge in [0.05, 0.1) is 5.69 Å². The van der Waals surface area contributed by atoms with E-state index in [9.17, 15) is 22.4 Å². The van der Waals surface area contributed by atoms with E-state index < -0.39 is 12.1 Å². The number of halogens is 4. The average Bonchev–Trinajstić information content (AvgIpc) is 2.54. The molecular weight excluding hydrogens is 330 g/mol. The summed E-state index contributed by atoms with van der Waals surface area (Å²) in [4.78, 5) is 23.3. The number of carbonyl (C=O) groups excluding carboxylic acids is 1. The molecule has 1 N–H and O–H groups in total. The number of benzene rings is 1. The minimum absolute atomic E-state index is 0.277. The van der Waals surface area contributed by atoms with E-state index in [1.165, 1.54) is 6.07 Å². The van der Waals surface area contributed by atoms with Crippen molar-refractivity contribution in [3.8, 4) is 11.3 Å². The zero-order valence-corrected chi connectivity index (χ0v) is 12.3. The molecule has 0 atom stereocenters. The van der Waals surface area contributed by atoms with Crippen LogP contribution in [0.2, 0.25) is 0 Å². The highest BCUT2D eigenvalue weighted by atomic mass is 19.4. The number of alkyl halides is 3. The van der Waals surface area contributed by atoms with Crippen molar-refractivity contribution in [1.29, 1.82) is 0 Å². The summed E-state index contributed by atoms with van der Waals surface area (Å²) >= 11 is 0. The van der Waals surface area contributed by atoms with Crippen molar-refractivity contribution in [1.82, 2.24) is 4.98 Å². The van der Waals surface area contributed by atoms with Gasteiger partial charge >= 0.3 is 12.1 Å². The Kier molecular flexibility index (Phi) is 7.03. The highest BCUT2D eigenvalue weighted by Gasteiger charge is 2.38. The van der Waals surface area contributed by atoms with Gasteiger partial charge in [0, 0.05) is 18.2 Å². The Bertz CT molecular complexity index is 684. The molecule has 0 unspecified atom stereocenters. The van der Waals surface area contributed by atoms with E-state index in [0.29, 0.717) is 24.1 Å². The Labute approximate surface area is 134 Å². The van der Waals surface area contributed by atoms with Crippen LogP contribution in [0.1, 0.15) is 12.0 Å². The van der Waals surface area contributed by atoms with Gasteiger partial charge in [-0.1, -0.05) is 18.2 Å². The number of carboxylic acid groups (broad SMARTS) is 1. The summed E-state index contributed by atoms with van der Waals surface area (Å²) in [6.45, 7) is 0. The smallest absolute Gasteiger partial charge is 0.475 e. The van der Waals surface area contributed by atoms with E-state index in [2.05, 4.69) is 4.98 Å². The highest BCUT2D eigenvalue weighted by molar-refractivity contribution is 5.73. The second-order valence-electron chi connectivity index (χ2n) is 4.54. The maximum absolute atomic E-state index is 13.5. The summed E-state index contributed by atoms with van der Waals surface area (Å²) in [7, 11) is 0. The van der Waals surface area contributed by atoms with Crippen molar-refractivity contribution in [3.63, 3.8) is 0 Å². The van der Waals surface area contributed by atoms with Crippen LogP contribution in [0.25, 0.3) is 11.3 Å². The molecule has 0 bridgehead atoms. The standard InChI is InChI=1S/C14H12FNO.C2HF3O2/c15-13-6-2-1-5-12(13)14-8-7-11(10-16-14)4-3-9-17;3-2(4,5)1(6)7/h1-2,5-10H,3-4H2;(H,6,7). The van der Waals surface area contributed by atoms with Crippen molar-refractivity contribution < 1.29 is 32.3 Å². The molecule has 0 radical (unpaired) electrons. The lowest BCUT2D eigenvalue weighted by molar-refractivity contribution is -0.192. The molecular formula is C16H13F4NO3. The Morgan fingerprint density at radius 3 is 2.25 bits per heavy atom. The molecule has 0 aliphatic heterocycles. The van der Waals surface area contributed by atoms with Crippen LogP contribution in [0.3, 0.4) is 0 Å². The Morgan fingerprint density at radius 1 is 1.17 bits per heavy atom. The highest BCUT2D eigenvalue weighted by Crippen LogP contribution is 2.20. The quantitative estimate of drug-likeness (QED) is 0.680. The molecule has 0 fully saturated rings. The molecule has 1 aromatic heterocycles. The summed E-state index contributed by atoms with van der Waals surface area (Å²) < 4.78 is 45.2. The number of rotatable bonds is 4. The summed E-state index contributed by atoms with van der Waals surface area (Å²) in [5, 5.41) is 7.12. The topological polar surface area (TPSA) is 67.3 Å². The number of aldehydes is 1. The first-order chi connectivity index (χ1) is 11.3. The zero-order valence-electron chi connectivity index (χ0n) is 12.3. The lowest BCUT2D eigenvalue weighted by atomic mass is 10.1. The van der Waals surface area contributed by atoms with Crippen molar-refractivity contribution >= 4 is 12.3 Å². The Hall–Kier alpha value is -2.77. The number of aryl methyl sites for hydroxylation is 1. The fourth-order valence-electron chi connectivity index (χ4n) is 1.63. The molecule has 0 saturated heterocycles. The predicted molar refractivity (Wildman–Crippen MR) is 77.7 cm³/mol. The van der Waals surface area contributed by atoms with E-state index in [0.717, 1.165) is 11.8 Å². The number of hydrogen-bond acceptors (Lipinski definition) is 3. The summed E-state index contributed by atoms with van der Waals surface area (Å²) in [5.74, 6) is -3.03. The normalized spacial score (nSPS) is 10.5. The third kappa shape index (κ3) is 6.15. The molecule has 1 aromatic carbocycles. The van der Waals surface area contributed by atoms with Crippen LogP contribution in [0.5, 0.6) is 0 Å². The number of carboxylic acids is 1. The minimum atomic E-state index is -5.08. The van der Waals surface area contributed by atoms with Gasteiger partial charge in [0.1, 0.15) is 12.1 Å². The van der Waals surface area contributed by atoms with E-state index in [1.807, 2.05) is 6.07 Å². The third-order valence-electron chi connectivity index (χ3n) is 2.77. The number of aliphatic carboxylic acids is 1. The predicted octanol–water partition coefficient (Wildman–Crippen LogP) is 3.65. The Morgan fingerprint density at radius 2 is 1.79 bits per heavy atom. The molecule has 0 aliphatic carbocycles. The lowest BCUT2D eigenvalue weighted by Crippen LogP contribution is -2.21. The van der Waals surface area contributed by atoms with Crippen molar-refractivity contribution in [3.05, 3.63) is 54.0 Å². The van der Waals surface area contributed by atoms with Crippen molar-refractivity contribution in [2.24, 2.45) is 0 Å². The summed E-state index contributed by atoms with van der Waals surface area (Å²) in [6, 6.07) is 10.2. The van der Waals surface area contributed by atoms with Crippen LogP contribution in [-0.2, 0) is 16.0 Å². The second kappa shape index (κ2) is 8.76. The summed E-state index contributed by atoms with van der Waals surface area (Å²) in [5.41, 5.74) is 2.09. The van der Waals surface area contributed by atoms with Gasteiger partial charge in [0.2, 0.25) is 0 Å². The van der Waals surface area contributed by atoms with Gasteiger partial charge in [-0.25, -0.2) is 9.18 Å². The monoisotopic (exact) mass is 343 g/mol. The fraction of sp³-hybridized carbons (Fsp3) is 0.188. The van der Waals surface area contributed by atoms with Gasteiger partial charge in [-0.2, -0.15) is 13.2 Å².